The third-order valence-corrected chi connectivity index (χ3v) is 5.34. The second-order valence-electron chi connectivity index (χ2n) is 6.10. The molecular weight excluding hydrogens is 356 g/mol. The fourth-order valence-corrected chi connectivity index (χ4v) is 4.05. The van der Waals surface area contributed by atoms with Gasteiger partial charge in [0, 0.05) is 41.5 Å². The van der Waals surface area contributed by atoms with E-state index in [1.54, 1.807) is 17.3 Å². The van der Waals surface area contributed by atoms with Gasteiger partial charge in [-0.1, -0.05) is 6.07 Å². The molecule has 1 saturated heterocycles. The molecule has 3 aromatic rings. The number of aromatic nitrogens is 2. The van der Waals surface area contributed by atoms with Crippen molar-refractivity contribution in [2.75, 3.05) is 11.4 Å². The fourth-order valence-electron chi connectivity index (χ4n) is 3.18. The summed E-state index contributed by atoms with van der Waals surface area (Å²) in [5, 5.41) is 2.48. The molecule has 0 spiro atoms. The normalized spacial score (nSPS) is 17.5. The Morgan fingerprint density at radius 1 is 1.15 bits per heavy atom. The van der Waals surface area contributed by atoms with Gasteiger partial charge in [0.05, 0.1) is 11.6 Å². The van der Waals surface area contributed by atoms with Crippen LogP contribution in [0.25, 0.3) is 11.3 Å². The van der Waals surface area contributed by atoms with E-state index in [0.717, 1.165) is 23.7 Å². The minimum Gasteiger partial charge on any atom is -0.288 e. The number of pyridine rings is 1. The lowest BCUT2D eigenvalue weighted by Crippen LogP contribution is -2.40. The van der Waals surface area contributed by atoms with Gasteiger partial charge in [0.1, 0.15) is 11.6 Å². The summed E-state index contributed by atoms with van der Waals surface area (Å²) >= 11 is 1.38. The molecule has 1 atom stereocenters. The fraction of sp³-hybridized carbons (Fsp3) is 0.211. The summed E-state index contributed by atoms with van der Waals surface area (Å²) in [6.07, 6.45) is 4.65. The van der Waals surface area contributed by atoms with E-state index in [2.05, 4.69) is 9.97 Å². The smallest absolute Gasteiger partial charge is 0.236 e. The standard InChI is InChI=1S/C19H15F2N3OS/c20-13-3-4-14(16(21)10-13)15-2-1-9-24(18(15)25)19-23-17(11-26-19)12-5-7-22-8-6-12/h3-8,10-11,15H,1-2,9H2. The Bertz CT molecular complexity index is 945. The predicted octanol–water partition coefficient (Wildman–Crippen LogP) is 4.39. The van der Waals surface area contributed by atoms with Crippen molar-refractivity contribution in [3.8, 4) is 11.3 Å². The molecule has 4 nitrogen and oxygen atoms in total. The lowest BCUT2D eigenvalue weighted by Gasteiger charge is -2.30. The van der Waals surface area contributed by atoms with Crippen LogP contribution in [0, 0.1) is 11.6 Å². The predicted molar refractivity (Wildman–Crippen MR) is 96.0 cm³/mol. The van der Waals surface area contributed by atoms with E-state index in [1.807, 2.05) is 17.5 Å². The first-order chi connectivity index (χ1) is 12.6. The van der Waals surface area contributed by atoms with Crippen LogP contribution in [-0.4, -0.2) is 22.4 Å². The number of amides is 1. The van der Waals surface area contributed by atoms with Crippen molar-refractivity contribution in [1.29, 1.82) is 0 Å². The molecular formula is C19H15F2N3OS. The number of halogens is 2. The second-order valence-corrected chi connectivity index (χ2v) is 6.94. The SMILES string of the molecule is O=C1C(c2ccc(F)cc2F)CCCN1c1nc(-c2ccncc2)cs1. The van der Waals surface area contributed by atoms with Crippen molar-refractivity contribution in [2.45, 2.75) is 18.8 Å². The highest BCUT2D eigenvalue weighted by Crippen LogP contribution is 2.35. The molecule has 132 valence electrons. The number of carbonyl (C=O) groups excluding carboxylic acids is 1. The number of rotatable bonds is 3. The van der Waals surface area contributed by atoms with Crippen molar-refractivity contribution < 1.29 is 13.6 Å². The maximum Gasteiger partial charge on any atom is 0.236 e. The minimum atomic E-state index is -0.679. The van der Waals surface area contributed by atoms with Gasteiger partial charge in [0.15, 0.2) is 5.13 Å². The number of thiazole rings is 1. The third-order valence-electron chi connectivity index (χ3n) is 4.48. The van der Waals surface area contributed by atoms with Crippen molar-refractivity contribution in [1.82, 2.24) is 9.97 Å². The molecule has 1 aliphatic rings. The topological polar surface area (TPSA) is 46.1 Å². The van der Waals surface area contributed by atoms with Gasteiger partial charge < -0.3 is 0 Å². The molecule has 1 amide bonds. The molecule has 26 heavy (non-hydrogen) atoms. The zero-order valence-electron chi connectivity index (χ0n) is 13.7. The second kappa shape index (κ2) is 6.92. The van der Waals surface area contributed by atoms with Crippen LogP contribution in [0.3, 0.4) is 0 Å². The van der Waals surface area contributed by atoms with Crippen LogP contribution in [-0.2, 0) is 4.79 Å². The van der Waals surface area contributed by atoms with Gasteiger partial charge in [0.2, 0.25) is 5.91 Å². The van der Waals surface area contributed by atoms with E-state index in [1.165, 1.54) is 23.5 Å². The largest absolute Gasteiger partial charge is 0.288 e. The van der Waals surface area contributed by atoms with E-state index in [-0.39, 0.29) is 11.5 Å². The molecule has 3 heterocycles. The van der Waals surface area contributed by atoms with E-state index < -0.39 is 17.6 Å². The first-order valence-corrected chi connectivity index (χ1v) is 9.13. The number of piperidine rings is 1. The molecule has 0 bridgehead atoms. The minimum absolute atomic E-state index is 0.197. The van der Waals surface area contributed by atoms with Crippen molar-refractivity contribution in [3.63, 3.8) is 0 Å². The van der Waals surface area contributed by atoms with Crippen LogP contribution in [0.1, 0.15) is 24.3 Å². The number of hydrogen-bond donors (Lipinski definition) is 0. The Balaban J connectivity index is 1.62. The zero-order chi connectivity index (χ0) is 18.1. The maximum atomic E-state index is 14.1. The van der Waals surface area contributed by atoms with Gasteiger partial charge in [-0.2, -0.15) is 0 Å². The number of benzene rings is 1. The van der Waals surface area contributed by atoms with Gasteiger partial charge in [-0.25, -0.2) is 13.8 Å². The van der Waals surface area contributed by atoms with Crippen molar-refractivity contribution in [3.05, 3.63) is 65.3 Å². The van der Waals surface area contributed by atoms with Crippen molar-refractivity contribution >= 4 is 22.4 Å². The summed E-state index contributed by atoms with van der Waals surface area (Å²) in [7, 11) is 0. The molecule has 1 aliphatic heterocycles. The van der Waals surface area contributed by atoms with Crippen LogP contribution in [0.5, 0.6) is 0 Å². The van der Waals surface area contributed by atoms with Crippen LogP contribution >= 0.6 is 11.3 Å². The Hall–Kier alpha value is -2.67. The molecule has 0 radical (unpaired) electrons. The molecule has 0 saturated carbocycles. The first-order valence-electron chi connectivity index (χ1n) is 8.26. The summed E-state index contributed by atoms with van der Waals surface area (Å²) in [4.78, 5) is 23.1. The quantitative estimate of drug-likeness (QED) is 0.686. The monoisotopic (exact) mass is 371 g/mol. The van der Waals surface area contributed by atoms with E-state index in [0.29, 0.717) is 18.1 Å². The number of anilines is 1. The Labute approximate surface area is 153 Å². The Morgan fingerprint density at radius 2 is 1.96 bits per heavy atom. The molecule has 4 rings (SSSR count). The van der Waals surface area contributed by atoms with Crippen molar-refractivity contribution in [2.24, 2.45) is 0 Å². The summed E-state index contributed by atoms with van der Waals surface area (Å²) in [5.41, 5.74) is 1.94. The molecule has 2 aromatic heterocycles. The van der Waals surface area contributed by atoms with Crippen LogP contribution in [0.4, 0.5) is 13.9 Å². The Morgan fingerprint density at radius 3 is 2.73 bits per heavy atom. The summed E-state index contributed by atoms with van der Waals surface area (Å²) in [5.74, 6) is -2.13. The summed E-state index contributed by atoms with van der Waals surface area (Å²) < 4.78 is 27.3. The highest BCUT2D eigenvalue weighted by molar-refractivity contribution is 7.14. The third kappa shape index (κ3) is 3.10. The van der Waals surface area contributed by atoms with Gasteiger partial charge in [-0.05, 0) is 31.0 Å². The first kappa shape index (κ1) is 16.8. The van der Waals surface area contributed by atoms with Gasteiger partial charge in [-0.15, -0.1) is 11.3 Å². The molecule has 0 aliphatic carbocycles. The van der Waals surface area contributed by atoms with Crippen LogP contribution in [0.15, 0.2) is 48.1 Å². The molecule has 1 fully saturated rings. The molecule has 0 N–H and O–H groups in total. The van der Waals surface area contributed by atoms with Crippen LogP contribution < -0.4 is 4.90 Å². The molecule has 7 heteroatoms. The van der Waals surface area contributed by atoms with Crippen LogP contribution in [0.2, 0.25) is 0 Å². The average molecular weight is 371 g/mol. The lowest BCUT2D eigenvalue weighted by atomic mass is 9.89. The summed E-state index contributed by atoms with van der Waals surface area (Å²) in [6, 6.07) is 7.09. The summed E-state index contributed by atoms with van der Waals surface area (Å²) in [6.45, 7) is 0.543. The van der Waals surface area contributed by atoms with Gasteiger partial charge in [-0.3, -0.25) is 14.7 Å². The Kier molecular flexibility index (Phi) is 4.46. The molecule has 1 unspecified atom stereocenters. The maximum absolute atomic E-state index is 14.1. The highest BCUT2D eigenvalue weighted by Gasteiger charge is 2.33. The number of hydrogen-bond acceptors (Lipinski definition) is 4. The van der Waals surface area contributed by atoms with E-state index in [4.69, 9.17) is 0 Å². The van der Waals surface area contributed by atoms with E-state index in [9.17, 15) is 13.6 Å². The number of carbonyl (C=O) groups is 1. The van der Waals surface area contributed by atoms with E-state index >= 15 is 0 Å². The highest BCUT2D eigenvalue weighted by atomic mass is 32.1. The zero-order valence-corrected chi connectivity index (χ0v) is 14.5. The van der Waals surface area contributed by atoms with Gasteiger partial charge >= 0.3 is 0 Å². The lowest BCUT2D eigenvalue weighted by molar-refractivity contribution is -0.121. The van der Waals surface area contributed by atoms with Gasteiger partial charge in [0.25, 0.3) is 0 Å². The average Bonchev–Trinajstić information content (AvgIpc) is 3.13. The molecule has 1 aromatic carbocycles. The number of nitrogens with zero attached hydrogens (tertiary/aromatic N) is 3.